The van der Waals surface area contributed by atoms with Gasteiger partial charge in [0.1, 0.15) is 11.6 Å². The molecular formula is C17H24N6O. The molecule has 1 fully saturated rings. The maximum absolute atomic E-state index is 11.8. The second kappa shape index (κ2) is 6.59. The van der Waals surface area contributed by atoms with Crippen molar-refractivity contribution in [3.8, 4) is 5.82 Å². The van der Waals surface area contributed by atoms with E-state index in [0.717, 1.165) is 55.0 Å². The molecule has 0 unspecified atom stereocenters. The van der Waals surface area contributed by atoms with Gasteiger partial charge in [0.05, 0.1) is 5.69 Å². The van der Waals surface area contributed by atoms with Crippen molar-refractivity contribution in [3.63, 3.8) is 0 Å². The van der Waals surface area contributed by atoms with Crippen LogP contribution in [0.3, 0.4) is 0 Å². The first-order valence-electron chi connectivity index (χ1n) is 8.40. The number of amides is 1. The molecule has 0 saturated carbocycles. The molecule has 128 valence electrons. The Kier molecular flexibility index (Phi) is 4.51. The number of aromatic nitrogens is 4. The Bertz CT molecular complexity index is 746. The molecule has 0 spiro atoms. The van der Waals surface area contributed by atoms with E-state index in [4.69, 9.17) is 0 Å². The summed E-state index contributed by atoms with van der Waals surface area (Å²) in [5.74, 6) is 2.63. The van der Waals surface area contributed by atoms with Gasteiger partial charge in [0.2, 0.25) is 5.91 Å². The fourth-order valence-corrected chi connectivity index (χ4v) is 3.08. The highest BCUT2D eigenvalue weighted by Crippen LogP contribution is 2.19. The monoisotopic (exact) mass is 328 g/mol. The van der Waals surface area contributed by atoms with Crippen LogP contribution in [0.1, 0.15) is 30.6 Å². The zero-order valence-electron chi connectivity index (χ0n) is 14.8. The summed E-state index contributed by atoms with van der Waals surface area (Å²) < 4.78 is 1.85. The molecule has 7 nitrogen and oxygen atoms in total. The highest BCUT2D eigenvalue weighted by atomic mass is 16.2. The van der Waals surface area contributed by atoms with Crippen LogP contribution < -0.4 is 4.90 Å². The Morgan fingerprint density at radius 2 is 1.71 bits per heavy atom. The minimum absolute atomic E-state index is 0.219. The van der Waals surface area contributed by atoms with Crippen LogP contribution in [0.5, 0.6) is 0 Å². The van der Waals surface area contributed by atoms with Gasteiger partial charge < -0.3 is 9.80 Å². The molecule has 3 rings (SSSR count). The Labute approximate surface area is 142 Å². The second-order valence-corrected chi connectivity index (χ2v) is 6.19. The zero-order valence-corrected chi connectivity index (χ0v) is 14.8. The van der Waals surface area contributed by atoms with E-state index in [9.17, 15) is 4.79 Å². The van der Waals surface area contributed by atoms with Crippen LogP contribution in [0.15, 0.2) is 12.1 Å². The van der Waals surface area contributed by atoms with Crippen LogP contribution >= 0.6 is 0 Å². The summed E-state index contributed by atoms with van der Waals surface area (Å²) in [5.41, 5.74) is 2.02. The first-order valence-corrected chi connectivity index (χ1v) is 8.40. The Morgan fingerprint density at radius 1 is 1.04 bits per heavy atom. The lowest BCUT2D eigenvalue weighted by atomic mass is 10.3. The third kappa shape index (κ3) is 3.25. The van der Waals surface area contributed by atoms with Gasteiger partial charge in [-0.25, -0.2) is 14.6 Å². The SMILES string of the molecule is CCC(=O)N1CCN(c2cc(-n3nc(C)cc3C)nc(C)n2)CC1. The van der Waals surface area contributed by atoms with Crippen molar-refractivity contribution < 1.29 is 4.79 Å². The first-order chi connectivity index (χ1) is 11.5. The number of aryl methyl sites for hydroxylation is 3. The highest BCUT2D eigenvalue weighted by molar-refractivity contribution is 5.76. The number of carbonyl (C=O) groups excluding carboxylic acids is 1. The van der Waals surface area contributed by atoms with Gasteiger partial charge in [0, 0.05) is 44.4 Å². The molecule has 1 aliphatic heterocycles. The van der Waals surface area contributed by atoms with Crippen LogP contribution in [0.2, 0.25) is 0 Å². The van der Waals surface area contributed by atoms with Gasteiger partial charge >= 0.3 is 0 Å². The van der Waals surface area contributed by atoms with Crippen molar-refractivity contribution in [1.29, 1.82) is 0 Å². The number of anilines is 1. The number of hydrogen-bond donors (Lipinski definition) is 0. The molecule has 0 bridgehead atoms. The summed E-state index contributed by atoms with van der Waals surface area (Å²) in [6.45, 7) is 10.9. The molecule has 7 heteroatoms. The lowest BCUT2D eigenvalue weighted by Crippen LogP contribution is -2.49. The minimum Gasteiger partial charge on any atom is -0.353 e. The van der Waals surface area contributed by atoms with E-state index >= 15 is 0 Å². The Balaban J connectivity index is 1.83. The molecule has 24 heavy (non-hydrogen) atoms. The van der Waals surface area contributed by atoms with Gasteiger partial charge in [-0.15, -0.1) is 0 Å². The number of carbonyl (C=O) groups is 1. The second-order valence-electron chi connectivity index (χ2n) is 6.19. The van der Waals surface area contributed by atoms with Gasteiger partial charge in [-0.1, -0.05) is 6.92 Å². The molecule has 3 heterocycles. The number of nitrogens with zero attached hydrogens (tertiary/aromatic N) is 6. The van der Waals surface area contributed by atoms with E-state index in [2.05, 4.69) is 20.0 Å². The van der Waals surface area contributed by atoms with Crippen LogP contribution in [-0.4, -0.2) is 56.7 Å². The van der Waals surface area contributed by atoms with Crippen molar-refractivity contribution in [1.82, 2.24) is 24.6 Å². The van der Waals surface area contributed by atoms with Crippen LogP contribution in [-0.2, 0) is 4.79 Å². The quantitative estimate of drug-likeness (QED) is 0.857. The smallest absolute Gasteiger partial charge is 0.222 e. The van der Waals surface area contributed by atoms with Gasteiger partial charge in [-0.3, -0.25) is 4.79 Å². The summed E-state index contributed by atoms with van der Waals surface area (Å²) in [6.07, 6.45) is 0.564. The van der Waals surface area contributed by atoms with Crippen molar-refractivity contribution >= 4 is 11.7 Å². The van der Waals surface area contributed by atoms with Crippen LogP contribution in [0.4, 0.5) is 5.82 Å². The lowest BCUT2D eigenvalue weighted by molar-refractivity contribution is -0.131. The fraction of sp³-hybridized carbons (Fsp3) is 0.529. The van der Waals surface area contributed by atoms with Crippen LogP contribution in [0.25, 0.3) is 5.82 Å². The summed E-state index contributed by atoms with van der Waals surface area (Å²) in [6, 6.07) is 4.01. The van der Waals surface area contributed by atoms with Crippen molar-refractivity contribution in [2.75, 3.05) is 31.1 Å². The number of piperazine rings is 1. The Morgan fingerprint density at radius 3 is 2.29 bits per heavy atom. The standard InChI is InChI=1S/C17H24N6O/c1-5-17(24)22-8-6-21(7-9-22)15-11-16(19-14(4)18-15)23-13(3)10-12(2)20-23/h10-11H,5-9H2,1-4H3. The van der Waals surface area contributed by atoms with Crippen molar-refractivity contribution in [2.24, 2.45) is 0 Å². The molecule has 1 amide bonds. The summed E-state index contributed by atoms with van der Waals surface area (Å²) in [4.78, 5) is 25.1. The third-order valence-corrected chi connectivity index (χ3v) is 4.30. The van der Waals surface area contributed by atoms with E-state index in [1.165, 1.54) is 0 Å². The predicted octanol–water partition coefficient (Wildman–Crippen LogP) is 1.65. The van der Waals surface area contributed by atoms with Crippen molar-refractivity contribution in [3.05, 3.63) is 29.3 Å². The molecule has 1 saturated heterocycles. The zero-order chi connectivity index (χ0) is 17.3. The van der Waals surface area contributed by atoms with E-state index in [0.29, 0.717) is 6.42 Å². The normalized spacial score (nSPS) is 15.0. The molecule has 0 aliphatic carbocycles. The van der Waals surface area contributed by atoms with Gasteiger partial charge in [0.25, 0.3) is 0 Å². The first kappa shape index (κ1) is 16.4. The van der Waals surface area contributed by atoms with Gasteiger partial charge in [0.15, 0.2) is 5.82 Å². The minimum atomic E-state index is 0.219. The summed E-state index contributed by atoms with van der Waals surface area (Å²) in [5, 5.41) is 4.51. The largest absolute Gasteiger partial charge is 0.353 e. The number of hydrogen-bond acceptors (Lipinski definition) is 5. The molecule has 2 aromatic rings. The van der Waals surface area contributed by atoms with E-state index in [1.54, 1.807) is 0 Å². The molecule has 2 aromatic heterocycles. The molecule has 0 atom stereocenters. The van der Waals surface area contributed by atoms with E-state index in [-0.39, 0.29) is 5.91 Å². The van der Waals surface area contributed by atoms with Gasteiger partial charge in [-0.2, -0.15) is 5.10 Å². The third-order valence-electron chi connectivity index (χ3n) is 4.30. The summed E-state index contributed by atoms with van der Waals surface area (Å²) in [7, 11) is 0. The molecule has 1 aliphatic rings. The van der Waals surface area contributed by atoms with Crippen LogP contribution in [0, 0.1) is 20.8 Å². The summed E-state index contributed by atoms with van der Waals surface area (Å²) >= 11 is 0. The molecule has 0 N–H and O–H groups in total. The number of rotatable bonds is 3. The molecular weight excluding hydrogens is 304 g/mol. The predicted molar refractivity (Wildman–Crippen MR) is 92.4 cm³/mol. The van der Waals surface area contributed by atoms with Gasteiger partial charge in [-0.05, 0) is 26.8 Å². The fourth-order valence-electron chi connectivity index (χ4n) is 3.08. The molecule has 0 radical (unpaired) electrons. The maximum Gasteiger partial charge on any atom is 0.222 e. The lowest BCUT2D eigenvalue weighted by Gasteiger charge is -2.35. The Hall–Kier alpha value is -2.44. The highest BCUT2D eigenvalue weighted by Gasteiger charge is 2.21. The molecule has 0 aromatic carbocycles. The average molecular weight is 328 g/mol. The average Bonchev–Trinajstić information content (AvgIpc) is 2.92. The van der Waals surface area contributed by atoms with E-state index < -0.39 is 0 Å². The van der Waals surface area contributed by atoms with Crippen molar-refractivity contribution in [2.45, 2.75) is 34.1 Å². The van der Waals surface area contributed by atoms with E-state index in [1.807, 2.05) is 49.4 Å². The maximum atomic E-state index is 11.8. The topological polar surface area (TPSA) is 67.2 Å².